The van der Waals surface area contributed by atoms with E-state index in [1.807, 2.05) is 24.4 Å². The minimum absolute atomic E-state index is 0.659. The first-order chi connectivity index (χ1) is 9.84. The van der Waals surface area contributed by atoms with E-state index in [4.69, 9.17) is 5.73 Å². The normalized spacial score (nSPS) is 11.7. The molecule has 0 aliphatic carbocycles. The summed E-state index contributed by atoms with van der Waals surface area (Å²) in [6.45, 7) is 0.659. The van der Waals surface area contributed by atoms with Crippen LogP contribution in [0.4, 0.5) is 0 Å². The van der Waals surface area contributed by atoms with Gasteiger partial charge in [0.1, 0.15) is 5.82 Å². The summed E-state index contributed by atoms with van der Waals surface area (Å²) >= 11 is 1.63. The molecule has 3 N–H and O–H groups in total. The van der Waals surface area contributed by atoms with Gasteiger partial charge in [-0.05, 0) is 18.4 Å². The van der Waals surface area contributed by atoms with Gasteiger partial charge in [-0.1, -0.05) is 42.1 Å². The van der Waals surface area contributed by atoms with Crippen LogP contribution in [0.5, 0.6) is 0 Å². The van der Waals surface area contributed by atoms with Crippen molar-refractivity contribution in [3.8, 4) is 0 Å². The Hall–Kier alpha value is -1.75. The molecule has 0 bridgehead atoms. The Kier molecular flexibility index (Phi) is 6.17. The van der Waals surface area contributed by atoms with Crippen molar-refractivity contribution in [2.75, 3.05) is 5.75 Å². The van der Waals surface area contributed by atoms with Crippen LogP contribution in [0.2, 0.25) is 0 Å². The number of aromatic amines is 1. The van der Waals surface area contributed by atoms with E-state index < -0.39 is 0 Å². The Balaban J connectivity index is 1.59. The second-order valence-electron chi connectivity index (χ2n) is 4.48. The predicted octanol–water partition coefficient (Wildman–Crippen LogP) is 2.98. The Morgan fingerprint density at radius 2 is 2.10 bits per heavy atom. The zero-order chi connectivity index (χ0) is 14.0. The number of hydrogen-bond donors (Lipinski definition) is 2. The summed E-state index contributed by atoms with van der Waals surface area (Å²) in [7, 11) is 0. The van der Waals surface area contributed by atoms with Crippen LogP contribution in [0.3, 0.4) is 0 Å². The molecule has 1 heterocycles. The number of thioether (sulfide) groups is 1. The number of amidine groups is 1. The molecule has 0 fully saturated rings. The van der Waals surface area contributed by atoms with Gasteiger partial charge in [-0.25, -0.2) is 4.98 Å². The average molecular weight is 288 g/mol. The molecule has 0 unspecified atom stereocenters. The van der Waals surface area contributed by atoms with Gasteiger partial charge in [0.05, 0.1) is 6.54 Å². The van der Waals surface area contributed by atoms with Crippen LogP contribution in [0.1, 0.15) is 24.2 Å². The third-order valence-electron chi connectivity index (χ3n) is 2.87. The Morgan fingerprint density at radius 1 is 1.25 bits per heavy atom. The van der Waals surface area contributed by atoms with Gasteiger partial charge < -0.3 is 10.7 Å². The van der Waals surface area contributed by atoms with E-state index in [1.54, 1.807) is 18.0 Å². The number of hydrogen-bond acceptors (Lipinski definition) is 3. The molecule has 106 valence electrons. The van der Waals surface area contributed by atoms with E-state index in [0.29, 0.717) is 11.7 Å². The van der Waals surface area contributed by atoms with Crippen molar-refractivity contribution in [1.82, 2.24) is 9.97 Å². The smallest absolute Gasteiger partial charge is 0.154 e. The Labute approximate surface area is 123 Å². The zero-order valence-electron chi connectivity index (χ0n) is 11.5. The number of aliphatic imine (C=N–C) groups is 1. The van der Waals surface area contributed by atoms with Gasteiger partial charge >= 0.3 is 0 Å². The minimum atomic E-state index is 0.659. The van der Waals surface area contributed by atoms with Crippen LogP contribution in [0.25, 0.3) is 0 Å². The number of nitrogens with zero attached hydrogens (tertiary/aromatic N) is 2. The number of unbranched alkanes of at least 4 members (excludes halogenated alkanes) is 1. The molecular formula is C15H20N4S. The Morgan fingerprint density at radius 3 is 2.85 bits per heavy atom. The molecule has 4 nitrogen and oxygen atoms in total. The maximum Gasteiger partial charge on any atom is 0.154 e. The van der Waals surface area contributed by atoms with Crippen LogP contribution in [0, 0.1) is 0 Å². The molecule has 0 aliphatic rings. The molecule has 0 saturated heterocycles. The molecule has 20 heavy (non-hydrogen) atoms. The maximum absolute atomic E-state index is 5.89. The van der Waals surface area contributed by atoms with E-state index in [-0.39, 0.29) is 0 Å². The van der Waals surface area contributed by atoms with Gasteiger partial charge in [0.2, 0.25) is 0 Å². The Bertz CT molecular complexity index is 508. The van der Waals surface area contributed by atoms with Gasteiger partial charge in [-0.3, -0.25) is 4.99 Å². The standard InChI is InChI=1S/C15H20N4S/c16-15(19-12-13-6-2-1-3-7-13)20-11-5-4-8-14-17-9-10-18-14/h1-3,6-7,9-10H,4-5,8,11-12H2,(H2,16,19)(H,17,18). The highest BCUT2D eigenvalue weighted by atomic mass is 32.2. The van der Waals surface area contributed by atoms with E-state index >= 15 is 0 Å². The van der Waals surface area contributed by atoms with Crippen molar-refractivity contribution in [1.29, 1.82) is 0 Å². The lowest BCUT2D eigenvalue weighted by Crippen LogP contribution is -2.08. The van der Waals surface area contributed by atoms with Gasteiger partial charge in [0.15, 0.2) is 5.17 Å². The molecule has 0 spiro atoms. The number of H-pyrrole nitrogens is 1. The van der Waals surface area contributed by atoms with Crippen molar-refractivity contribution in [3.05, 3.63) is 54.1 Å². The van der Waals surface area contributed by atoms with E-state index in [2.05, 4.69) is 27.1 Å². The summed E-state index contributed by atoms with van der Waals surface area (Å²) in [5.41, 5.74) is 7.08. The van der Waals surface area contributed by atoms with E-state index in [0.717, 1.165) is 30.8 Å². The van der Waals surface area contributed by atoms with E-state index in [9.17, 15) is 0 Å². The first-order valence-corrected chi connectivity index (χ1v) is 7.78. The fourth-order valence-electron chi connectivity index (χ4n) is 1.80. The van der Waals surface area contributed by atoms with Gasteiger partial charge in [0, 0.05) is 24.6 Å². The summed E-state index contributed by atoms with van der Waals surface area (Å²) < 4.78 is 0. The van der Waals surface area contributed by atoms with Crippen LogP contribution in [0.15, 0.2) is 47.7 Å². The van der Waals surface area contributed by atoms with Gasteiger partial charge in [-0.2, -0.15) is 0 Å². The molecule has 1 aromatic carbocycles. The summed E-state index contributed by atoms with van der Waals surface area (Å²) in [5, 5.41) is 0.673. The summed E-state index contributed by atoms with van der Waals surface area (Å²) in [6.07, 6.45) is 6.88. The number of imidazole rings is 1. The molecular weight excluding hydrogens is 268 g/mol. The molecule has 0 aliphatic heterocycles. The second-order valence-corrected chi connectivity index (χ2v) is 5.60. The lowest BCUT2D eigenvalue weighted by Gasteiger charge is -2.01. The van der Waals surface area contributed by atoms with Crippen LogP contribution < -0.4 is 5.73 Å². The third kappa shape index (κ3) is 5.48. The topological polar surface area (TPSA) is 67.1 Å². The largest absolute Gasteiger partial charge is 0.379 e. The van der Waals surface area contributed by atoms with Crippen molar-refractivity contribution < 1.29 is 0 Å². The van der Waals surface area contributed by atoms with Crippen molar-refractivity contribution in [3.63, 3.8) is 0 Å². The fourth-order valence-corrected chi connectivity index (χ4v) is 2.52. The number of benzene rings is 1. The van der Waals surface area contributed by atoms with E-state index in [1.165, 1.54) is 5.56 Å². The lowest BCUT2D eigenvalue weighted by atomic mass is 10.2. The summed E-state index contributed by atoms with van der Waals surface area (Å²) in [6, 6.07) is 10.2. The number of aryl methyl sites for hydroxylation is 1. The summed E-state index contributed by atoms with van der Waals surface area (Å²) in [4.78, 5) is 11.7. The van der Waals surface area contributed by atoms with Crippen molar-refractivity contribution >= 4 is 16.9 Å². The minimum Gasteiger partial charge on any atom is -0.379 e. The predicted molar refractivity (Wildman–Crippen MR) is 85.8 cm³/mol. The number of nitrogens with one attached hydrogen (secondary N) is 1. The second kappa shape index (κ2) is 8.43. The molecule has 2 rings (SSSR count). The first kappa shape index (κ1) is 14.7. The molecule has 0 radical (unpaired) electrons. The van der Waals surface area contributed by atoms with Crippen molar-refractivity contribution in [2.45, 2.75) is 25.8 Å². The number of rotatable bonds is 7. The average Bonchev–Trinajstić information content (AvgIpc) is 2.99. The number of nitrogens with two attached hydrogens (primary N) is 1. The summed E-state index contributed by atoms with van der Waals surface area (Å²) in [5.74, 6) is 2.06. The zero-order valence-corrected chi connectivity index (χ0v) is 12.3. The first-order valence-electron chi connectivity index (χ1n) is 6.79. The SMILES string of the molecule is NC(=NCc1ccccc1)SCCCCc1ncc[nH]1. The van der Waals surface area contributed by atoms with Gasteiger partial charge in [-0.15, -0.1) is 0 Å². The molecule has 0 atom stereocenters. The molecule has 0 saturated carbocycles. The lowest BCUT2D eigenvalue weighted by molar-refractivity contribution is 0.769. The van der Waals surface area contributed by atoms with Crippen molar-refractivity contribution in [2.24, 2.45) is 10.7 Å². The quantitative estimate of drug-likeness (QED) is 0.467. The highest BCUT2D eigenvalue weighted by Gasteiger charge is 1.97. The molecule has 1 aromatic heterocycles. The van der Waals surface area contributed by atoms with Gasteiger partial charge in [0.25, 0.3) is 0 Å². The molecule has 0 amide bonds. The number of aromatic nitrogens is 2. The highest BCUT2D eigenvalue weighted by Crippen LogP contribution is 2.08. The fraction of sp³-hybridized carbons (Fsp3) is 0.333. The monoisotopic (exact) mass is 288 g/mol. The van der Waals surface area contributed by atoms with Crippen LogP contribution >= 0.6 is 11.8 Å². The maximum atomic E-state index is 5.89. The molecule has 2 aromatic rings. The third-order valence-corrected chi connectivity index (χ3v) is 3.79. The van der Waals surface area contributed by atoms with Crippen LogP contribution in [-0.2, 0) is 13.0 Å². The molecule has 5 heteroatoms. The highest BCUT2D eigenvalue weighted by molar-refractivity contribution is 8.13. The van der Waals surface area contributed by atoms with Crippen LogP contribution in [-0.4, -0.2) is 20.9 Å².